The number of carbonyl (C=O) groups excluding carboxylic acids is 1. The number of Topliss-reactive ketones (excluding diaryl/α,β-unsaturated/α-hetero) is 1. The molecule has 100 valence electrons. The summed E-state index contributed by atoms with van der Waals surface area (Å²) in [6.45, 7) is 2.66. The number of pyridine rings is 1. The minimum Gasteiger partial charge on any atom is -0.330 e. The third-order valence-corrected chi connectivity index (χ3v) is 3.55. The van der Waals surface area contributed by atoms with Crippen molar-refractivity contribution in [1.29, 1.82) is 0 Å². The maximum Gasteiger partial charge on any atom is 0.137 e. The van der Waals surface area contributed by atoms with Gasteiger partial charge in [0.2, 0.25) is 0 Å². The van der Waals surface area contributed by atoms with E-state index < -0.39 is 0 Å². The Morgan fingerprint density at radius 2 is 2.11 bits per heavy atom. The second-order valence-corrected chi connectivity index (χ2v) is 4.92. The highest BCUT2D eigenvalue weighted by molar-refractivity contribution is 5.88. The summed E-state index contributed by atoms with van der Waals surface area (Å²) < 4.78 is 0. The third kappa shape index (κ3) is 3.38. The molecule has 0 aliphatic heterocycles. The molecule has 3 heteroatoms. The van der Waals surface area contributed by atoms with Crippen molar-refractivity contribution in [3.8, 4) is 0 Å². The molecule has 0 aliphatic carbocycles. The van der Waals surface area contributed by atoms with Gasteiger partial charge < -0.3 is 5.73 Å². The van der Waals surface area contributed by atoms with Crippen LogP contribution in [0.2, 0.25) is 0 Å². The van der Waals surface area contributed by atoms with Crippen LogP contribution in [0.5, 0.6) is 0 Å². The van der Waals surface area contributed by atoms with Crippen LogP contribution in [-0.2, 0) is 11.2 Å². The van der Waals surface area contributed by atoms with E-state index in [1.54, 1.807) is 6.20 Å². The van der Waals surface area contributed by atoms with E-state index in [1.807, 2.05) is 30.3 Å². The number of hydrogen-bond acceptors (Lipinski definition) is 3. The van der Waals surface area contributed by atoms with Gasteiger partial charge in [-0.05, 0) is 30.2 Å². The Balaban J connectivity index is 2.15. The van der Waals surface area contributed by atoms with Gasteiger partial charge in [0, 0.05) is 24.4 Å². The molecule has 1 atom stereocenters. The molecule has 1 unspecified atom stereocenters. The molecule has 0 saturated carbocycles. The summed E-state index contributed by atoms with van der Waals surface area (Å²) in [6.07, 6.45) is 3.77. The average Bonchev–Trinajstić information content (AvgIpc) is 2.45. The van der Waals surface area contributed by atoms with Gasteiger partial charge in [-0.1, -0.05) is 31.5 Å². The van der Waals surface area contributed by atoms with E-state index >= 15 is 0 Å². The highest BCUT2D eigenvalue weighted by Gasteiger charge is 2.12. The van der Waals surface area contributed by atoms with Gasteiger partial charge in [0.1, 0.15) is 5.78 Å². The molecule has 2 rings (SSSR count). The van der Waals surface area contributed by atoms with E-state index in [1.165, 1.54) is 0 Å². The molecular weight excluding hydrogens is 236 g/mol. The summed E-state index contributed by atoms with van der Waals surface area (Å²) in [4.78, 5) is 16.4. The first-order valence-electron chi connectivity index (χ1n) is 6.79. The molecule has 0 spiro atoms. The number of ketones is 1. The summed E-state index contributed by atoms with van der Waals surface area (Å²) in [7, 11) is 0. The summed E-state index contributed by atoms with van der Waals surface area (Å²) in [5, 5.41) is 1.07. The number of fused-ring (bicyclic) bond motifs is 1. The van der Waals surface area contributed by atoms with Crippen LogP contribution in [-0.4, -0.2) is 17.3 Å². The van der Waals surface area contributed by atoms with Gasteiger partial charge in [-0.25, -0.2) is 0 Å². The Labute approximate surface area is 113 Å². The largest absolute Gasteiger partial charge is 0.330 e. The van der Waals surface area contributed by atoms with Crippen LogP contribution >= 0.6 is 0 Å². The maximum absolute atomic E-state index is 12.1. The van der Waals surface area contributed by atoms with Crippen molar-refractivity contribution in [2.45, 2.75) is 26.2 Å². The average molecular weight is 256 g/mol. The first-order chi connectivity index (χ1) is 9.24. The molecule has 3 nitrogen and oxygen atoms in total. The zero-order chi connectivity index (χ0) is 13.7. The molecule has 0 radical (unpaired) electrons. The number of nitrogens with zero attached hydrogens (tertiary/aromatic N) is 1. The molecule has 1 aromatic carbocycles. The van der Waals surface area contributed by atoms with Crippen molar-refractivity contribution in [3.05, 3.63) is 42.1 Å². The Morgan fingerprint density at radius 1 is 1.32 bits per heavy atom. The maximum atomic E-state index is 12.1. The van der Waals surface area contributed by atoms with Gasteiger partial charge in [0.25, 0.3) is 0 Å². The molecule has 1 heterocycles. The van der Waals surface area contributed by atoms with E-state index in [0.29, 0.717) is 25.3 Å². The van der Waals surface area contributed by atoms with E-state index in [2.05, 4.69) is 11.9 Å². The minimum absolute atomic E-state index is 0.258. The highest BCUT2D eigenvalue weighted by atomic mass is 16.1. The van der Waals surface area contributed by atoms with Gasteiger partial charge >= 0.3 is 0 Å². The highest BCUT2D eigenvalue weighted by Crippen LogP contribution is 2.18. The van der Waals surface area contributed by atoms with Gasteiger partial charge in [0.05, 0.1) is 5.52 Å². The predicted octanol–water partition coefficient (Wildman–Crippen LogP) is 2.72. The first kappa shape index (κ1) is 13.7. The lowest BCUT2D eigenvalue weighted by Gasteiger charge is -2.11. The lowest BCUT2D eigenvalue weighted by Crippen LogP contribution is -2.18. The molecule has 2 N–H and O–H groups in total. The monoisotopic (exact) mass is 256 g/mol. The van der Waals surface area contributed by atoms with Crippen LogP contribution in [0, 0.1) is 5.92 Å². The Kier molecular flexibility index (Phi) is 4.63. The molecule has 0 fully saturated rings. The minimum atomic E-state index is 0.258. The molecule has 0 aliphatic rings. The van der Waals surface area contributed by atoms with Crippen molar-refractivity contribution >= 4 is 16.7 Å². The van der Waals surface area contributed by atoms with Crippen LogP contribution < -0.4 is 5.73 Å². The second kappa shape index (κ2) is 6.43. The molecule has 2 aromatic rings. The molecule has 0 bridgehead atoms. The summed E-state index contributed by atoms with van der Waals surface area (Å²) >= 11 is 0. The van der Waals surface area contributed by atoms with E-state index in [4.69, 9.17) is 5.73 Å². The normalized spacial score (nSPS) is 12.5. The van der Waals surface area contributed by atoms with Crippen LogP contribution in [0.4, 0.5) is 0 Å². The molecular formula is C16H20N2O. The van der Waals surface area contributed by atoms with Gasteiger partial charge in [0.15, 0.2) is 0 Å². The van der Waals surface area contributed by atoms with Crippen molar-refractivity contribution in [2.24, 2.45) is 11.7 Å². The first-order valence-corrected chi connectivity index (χ1v) is 6.79. The van der Waals surface area contributed by atoms with E-state index in [9.17, 15) is 4.79 Å². The van der Waals surface area contributed by atoms with Crippen molar-refractivity contribution in [1.82, 2.24) is 4.98 Å². The molecule has 1 aromatic heterocycles. The number of nitrogens with two attached hydrogens (primary N) is 1. The molecule has 19 heavy (non-hydrogen) atoms. The van der Waals surface area contributed by atoms with Gasteiger partial charge in [-0.3, -0.25) is 9.78 Å². The number of hydrogen-bond donors (Lipinski definition) is 1. The zero-order valence-electron chi connectivity index (χ0n) is 11.3. The van der Waals surface area contributed by atoms with Gasteiger partial charge in [-0.2, -0.15) is 0 Å². The van der Waals surface area contributed by atoms with Crippen molar-refractivity contribution < 1.29 is 4.79 Å². The Morgan fingerprint density at radius 3 is 2.84 bits per heavy atom. The third-order valence-electron chi connectivity index (χ3n) is 3.55. The second-order valence-electron chi connectivity index (χ2n) is 4.92. The number of benzene rings is 1. The van der Waals surface area contributed by atoms with E-state index in [0.717, 1.165) is 22.9 Å². The standard InChI is InChI=1S/C16H20N2O/c1-2-12(11-17)9-14(19)10-13-7-8-18-16-6-4-3-5-15(13)16/h3-8,12H,2,9-11,17H2,1H3. The zero-order valence-corrected chi connectivity index (χ0v) is 11.3. The SMILES string of the molecule is CCC(CN)CC(=O)Cc1ccnc2ccccc12. The number of carbonyl (C=O) groups is 1. The van der Waals surface area contributed by atoms with Gasteiger partial charge in [-0.15, -0.1) is 0 Å². The lowest BCUT2D eigenvalue weighted by molar-refractivity contribution is -0.119. The summed E-state index contributed by atoms with van der Waals surface area (Å²) in [6, 6.07) is 9.86. The van der Waals surface area contributed by atoms with Crippen LogP contribution in [0.15, 0.2) is 36.5 Å². The smallest absolute Gasteiger partial charge is 0.137 e. The fourth-order valence-corrected chi connectivity index (χ4v) is 2.31. The summed E-state index contributed by atoms with van der Waals surface area (Å²) in [5.41, 5.74) is 7.65. The topological polar surface area (TPSA) is 56.0 Å². The quantitative estimate of drug-likeness (QED) is 0.864. The van der Waals surface area contributed by atoms with E-state index in [-0.39, 0.29) is 5.78 Å². The molecule has 0 amide bonds. The number of rotatable bonds is 6. The van der Waals surface area contributed by atoms with Crippen LogP contribution in [0.1, 0.15) is 25.3 Å². The Bertz CT molecular complexity index is 556. The Hall–Kier alpha value is -1.74. The van der Waals surface area contributed by atoms with Crippen LogP contribution in [0.3, 0.4) is 0 Å². The summed E-state index contributed by atoms with van der Waals surface area (Å²) in [5.74, 6) is 0.564. The number of para-hydroxylation sites is 1. The molecule has 0 saturated heterocycles. The predicted molar refractivity (Wildman–Crippen MR) is 77.9 cm³/mol. The van der Waals surface area contributed by atoms with Crippen molar-refractivity contribution in [3.63, 3.8) is 0 Å². The van der Waals surface area contributed by atoms with Crippen molar-refractivity contribution in [2.75, 3.05) is 6.54 Å². The number of aromatic nitrogens is 1. The fourth-order valence-electron chi connectivity index (χ4n) is 2.31. The fraction of sp³-hybridized carbons (Fsp3) is 0.375. The lowest BCUT2D eigenvalue weighted by atomic mass is 9.95. The van der Waals surface area contributed by atoms with Crippen LogP contribution in [0.25, 0.3) is 10.9 Å².